The molecule has 0 radical (unpaired) electrons. The van der Waals surface area contributed by atoms with Crippen LogP contribution in [0.2, 0.25) is 0 Å². The summed E-state index contributed by atoms with van der Waals surface area (Å²) in [5.74, 6) is 0.180. The SMILES string of the molecule is Cc1ccc(C(C)C)cc1-c1ccc([N+](=O)[O-])cc1CN1C(=O)O[C@H](c2cc(C(F)(F)F)cc(C(F)(F)F)c2)[C@@H]1C. The van der Waals surface area contributed by atoms with Gasteiger partial charge in [0, 0.05) is 12.1 Å². The molecule has 2 atom stereocenters. The van der Waals surface area contributed by atoms with Gasteiger partial charge in [-0.15, -0.1) is 0 Å². The summed E-state index contributed by atoms with van der Waals surface area (Å²) in [4.78, 5) is 25.0. The average Bonchev–Trinajstić information content (AvgIpc) is 3.16. The van der Waals surface area contributed by atoms with Gasteiger partial charge in [-0.2, -0.15) is 26.3 Å². The first-order valence-electron chi connectivity index (χ1n) is 12.6. The lowest BCUT2D eigenvalue weighted by molar-refractivity contribution is -0.384. The number of carbonyl (C=O) groups excluding carboxylic acids is 1. The van der Waals surface area contributed by atoms with E-state index in [1.165, 1.54) is 19.1 Å². The number of nitro benzene ring substituents is 1. The fraction of sp³-hybridized carbons (Fsp3) is 0.345. The minimum atomic E-state index is -5.07. The Morgan fingerprint density at radius 3 is 2.07 bits per heavy atom. The first-order valence-corrected chi connectivity index (χ1v) is 12.6. The minimum absolute atomic E-state index is 0.00565. The molecule has 0 aromatic heterocycles. The van der Waals surface area contributed by atoms with Gasteiger partial charge in [-0.1, -0.05) is 32.0 Å². The van der Waals surface area contributed by atoms with Crippen molar-refractivity contribution in [2.24, 2.45) is 0 Å². The monoisotopic (exact) mass is 580 g/mol. The summed E-state index contributed by atoms with van der Waals surface area (Å²) >= 11 is 0. The van der Waals surface area contributed by atoms with Crippen molar-refractivity contribution in [2.45, 2.75) is 64.7 Å². The number of benzene rings is 3. The van der Waals surface area contributed by atoms with Crippen molar-refractivity contribution in [3.63, 3.8) is 0 Å². The lowest BCUT2D eigenvalue weighted by atomic mass is 9.91. The summed E-state index contributed by atoms with van der Waals surface area (Å²) in [5, 5.41) is 11.6. The molecule has 4 rings (SSSR count). The lowest BCUT2D eigenvalue weighted by Gasteiger charge is -2.24. The molecule has 0 saturated carbocycles. The van der Waals surface area contributed by atoms with Crippen LogP contribution in [0.25, 0.3) is 11.1 Å². The fourth-order valence-corrected chi connectivity index (χ4v) is 4.86. The first kappa shape index (κ1) is 29.9. The number of cyclic esters (lactones) is 1. The number of nitrogens with zero attached hydrogens (tertiary/aromatic N) is 2. The number of halogens is 6. The third-order valence-corrected chi connectivity index (χ3v) is 7.19. The molecule has 1 aliphatic heterocycles. The van der Waals surface area contributed by atoms with Crippen molar-refractivity contribution in [1.82, 2.24) is 4.90 Å². The average molecular weight is 581 g/mol. The van der Waals surface area contributed by atoms with Crippen LogP contribution in [-0.2, 0) is 23.6 Å². The molecule has 1 heterocycles. The molecule has 3 aromatic carbocycles. The summed E-state index contributed by atoms with van der Waals surface area (Å²) in [6.07, 6.45) is -12.6. The van der Waals surface area contributed by atoms with E-state index in [4.69, 9.17) is 4.74 Å². The molecular weight excluding hydrogens is 554 g/mol. The zero-order chi connectivity index (χ0) is 30.4. The van der Waals surface area contributed by atoms with E-state index < -0.39 is 52.2 Å². The quantitative estimate of drug-likeness (QED) is 0.166. The van der Waals surface area contributed by atoms with Gasteiger partial charge in [-0.05, 0) is 77.4 Å². The maximum Gasteiger partial charge on any atom is 0.416 e. The van der Waals surface area contributed by atoms with E-state index in [9.17, 15) is 41.3 Å². The van der Waals surface area contributed by atoms with Crippen LogP contribution < -0.4 is 0 Å². The number of nitro groups is 1. The number of hydrogen-bond acceptors (Lipinski definition) is 4. The Bertz CT molecular complexity index is 1470. The van der Waals surface area contributed by atoms with Gasteiger partial charge in [0.1, 0.15) is 6.10 Å². The van der Waals surface area contributed by atoms with Gasteiger partial charge in [0.05, 0.1) is 28.6 Å². The third kappa shape index (κ3) is 6.15. The fourth-order valence-electron chi connectivity index (χ4n) is 4.86. The van der Waals surface area contributed by atoms with Crippen LogP contribution in [-0.4, -0.2) is 22.0 Å². The van der Waals surface area contributed by atoms with E-state index in [0.717, 1.165) is 21.6 Å². The van der Waals surface area contributed by atoms with E-state index >= 15 is 0 Å². The van der Waals surface area contributed by atoms with Crippen molar-refractivity contribution < 1.29 is 40.8 Å². The largest absolute Gasteiger partial charge is 0.439 e. The van der Waals surface area contributed by atoms with E-state index in [1.54, 1.807) is 6.07 Å². The molecule has 1 amide bonds. The zero-order valence-corrected chi connectivity index (χ0v) is 22.4. The van der Waals surface area contributed by atoms with Gasteiger partial charge in [0.15, 0.2) is 0 Å². The number of carbonyl (C=O) groups is 1. The maximum atomic E-state index is 13.4. The maximum absolute atomic E-state index is 13.4. The molecule has 41 heavy (non-hydrogen) atoms. The summed E-state index contributed by atoms with van der Waals surface area (Å²) in [7, 11) is 0. The van der Waals surface area contributed by atoms with E-state index in [1.807, 2.05) is 39.0 Å². The van der Waals surface area contributed by atoms with E-state index in [-0.39, 0.29) is 24.2 Å². The highest BCUT2D eigenvalue weighted by Crippen LogP contribution is 2.42. The molecule has 6 nitrogen and oxygen atoms in total. The molecule has 218 valence electrons. The third-order valence-electron chi connectivity index (χ3n) is 7.19. The van der Waals surface area contributed by atoms with Crippen LogP contribution in [0, 0.1) is 17.0 Å². The van der Waals surface area contributed by atoms with E-state index in [0.29, 0.717) is 23.3 Å². The second-order valence-corrected chi connectivity index (χ2v) is 10.3. The van der Waals surface area contributed by atoms with Gasteiger partial charge in [0.25, 0.3) is 5.69 Å². The summed E-state index contributed by atoms with van der Waals surface area (Å²) in [5.41, 5.74) is -0.148. The minimum Gasteiger partial charge on any atom is -0.439 e. The van der Waals surface area contributed by atoms with Crippen molar-refractivity contribution >= 4 is 11.8 Å². The Kier molecular flexibility index (Phi) is 7.81. The molecule has 12 heteroatoms. The van der Waals surface area contributed by atoms with Crippen LogP contribution in [0.5, 0.6) is 0 Å². The zero-order valence-electron chi connectivity index (χ0n) is 22.4. The van der Waals surface area contributed by atoms with Gasteiger partial charge < -0.3 is 4.74 Å². The number of aryl methyl sites for hydroxylation is 1. The van der Waals surface area contributed by atoms with Crippen LogP contribution in [0.15, 0.2) is 54.6 Å². The summed E-state index contributed by atoms with van der Waals surface area (Å²) in [6, 6.07) is 10.1. The smallest absolute Gasteiger partial charge is 0.416 e. The molecule has 0 spiro atoms. The number of alkyl halides is 6. The molecule has 0 aliphatic carbocycles. The molecule has 1 aliphatic rings. The molecular formula is C29H26F6N2O4. The predicted molar refractivity (Wildman–Crippen MR) is 138 cm³/mol. The first-order chi connectivity index (χ1) is 19.0. The Labute approximate surface area is 231 Å². The van der Waals surface area contributed by atoms with Crippen LogP contribution in [0.3, 0.4) is 0 Å². The molecule has 0 bridgehead atoms. The standard InChI is InChI=1S/C29H26F6N2O4/c1-15(2)18-6-5-16(3)25(12-18)24-8-7-23(37(39)40)11-20(24)14-36-17(4)26(41-27(36)38)19-9-21(28(30,31)32)13-22(10-19)29(33,34)35/h5-13,15,17,26H,14H2,1-4H3/t17-,26-/m0/s1. The van der Waals surface area contributed by atoms with Gasteiger partial charge in [0.2, 0.25) is 0 Å². The summed E-state index contributed by atoms with van der Waals surface area (Å²) < 4.78 is 85.9. The normalized spacial score (nSPS) is 17.7. The molecule has 0 N–H and O–H groups in total. The Hall–Kier alpha value is -4.09. The molecule has 0 unspecified atom stereocenters. The van der Waals surface area contributed by atoms with Gasteiger partial charge in [-0.25, -0.2) is 4.79 Å². The molecule has 1 fully saturated rings. The van der Waals surface area contributed by atoms with Crippen LogP contribution >= 0.6 is 0 Å². The molecule has 1 saturated heterocycles. The van der Waals surface area contributed by atoms with Crippen molar-refractivity contribution in [3.8, 4) is 11.1 Å². The second kappa shape index (κ2) is 10.7. The Morgan fingerprint density at radius 2 is 1.54 bits per heavy atom. The van der Waals surface area contributed by atoms with Crippen molar-refractivity contribution in [1.29, 1.82) is 0 Å². The number of non-ortho nitro benzene ring substituents is 1. The van der Waals surface area contributed by atoms with Crippen molar-refractivity contribution in [2.75, 3.05) is 0 Å². The van der Waals surface area contributed by atoms with Gasteiger partial charge in [-0.3, -0.25) is 15.0 Å². The van der Waals surface area contributed by atoms with Crippen molar-refractivity contribution in [3.05, 3.63) is 98.1 Å². The highest BCUT2D eigenvalue weighted by atomic mass is 19.4. The predicted octanol–water partition coefficient (Wildman–Crippen LogP) is 8.81. The Morgan fingerprint density at radius 1 is 0.927 bits per heavy atom. The number of ether oxygens (including phenoxy) is 1. The summed E-state index contributed by atoms with van der Waals surface area (Å²) in [6.45, 7) is 7.07. The van der Waals surface area contributed by atoms with E-state index in [2.05, 4.69) is 0 Å². The number of amides is 1. The van der Waals surface area contributed by atoms with Crippen LogP contribution in [0.4, 0.5) is 36.8 Å². The number of rotatable bonds is 6. The lowest BCUT2D eigenvalue weighted by Crippen LogP contribution is -2.31. The second-order valence-electron chi connectivity index (χ2n) is 10.3. The topological polar surface area (TPSA) is 72.7 Å². The number of hydrogen-bond donors (Lipinski definition) is 0. The van der Waals surface area contributed by atoms with Gasteiger partial charge >= 0.3 is 18.4 Å². The van der Waals surface area contributed by atoms with Crippen LogP contribution in [0.1, 0.15) is 66.2 Å². The highest BCUT2D eigenvalue weighted by molar-refractivity contribution is 5.75. The highest BCUT2D eigenvalue weighted by Gasteiger charge is 2.43. The molecule has 3 aromatic rings. The Balaban J connectivity index is 1.76.